The first-order valence-electron chi connectivity index (χ1n) is 35.5. The Morgan fingerprint density at radius 3 is 1.09 bits per heavy atom. The average molecular weight is 2380 g/mol. The van der Waals surface area contributed by atoms with Crippen LogP contribution in [-0.2, 0) is 232 Å². The van der Waals surface area contributed by atoms with Gasteiger partial charge in [-0.2, -0.15) is 25.3 Å². The van der Waals surface area contributed by atoms with E-state index in [1.54, 1.807) is 10.6 Å². The van der Waals surface area contributed by atoms with Crippen molar-refractivity contribution in [1.29, 1.82) is 0 Å². The first-order chi connectivity index (χ1) is 60.4. The Kier molecular flexibility index (Phi) is 67.7. The van der Waals surface area contributed by atoms with Crippen molar-refractivity contribution in [3.63, 3.8) is 0 Å². The van der Waals surface area contributed by atoms with E-state index in [0.717, 1.165) is 0 Å². The van der Waals surface area contributed by atoms with Gasteiger partial charge in [0.1, 0.15) is 176 Å². The fourth-order valence-electron chi connectivity index (χ4n) is 13.6. The van der Waals surface area contributed by atoms with Crippen molar-refractivity contribution in [1.82, 2.24) is 10.6 Å². The Morgan fingerprint density at radius 2 is 0.720 bits per heavy atom. The standard InChI is InChI=1S/C52H82N2O69S10.10Na/c1-10-28(117-127(80,81)82)38(122-132(95,96)97)25(62)49(103-10)110-31(15(58)7-55)36(23(60)44(67)68)113-46-20(53-13(4)56)35(33(121-131(92,93)94)18(108-46)8-101-125(74,75)76)112-51-24(61)37(114-50-26(63)39(123-133(98,99)100)29(11(2)104-50)118-128(83,84)85)40(41(116-51)45(69)70)115-47-21(54-14(5)57)34(32(120-130(89,90)91)19(109-47)9-102-126(77,78)79)111-48-22(59)16(6-17(107-48)43(65)66)106-52-27(64)42(124(71,72)73)30(12(3)105-52)119-129(86,87)88;;;;;;;;;;/h6,10-12,15-16,18-42,46-52,55,58-64H,7-9H2,1-5H3,(H,53,56)(H,54,57)(H,65,66)(H,67,68)(H,69,70)(H,71,72,73)(H,74,75,76)(H,77,78,79)(H,80,81,82)(H,83,84,85)(H,86,87,88)(H,89,90,91)(H,92,93,94)(H,95,96,97)(H,98,99,100);;;;;;;;;;/q;10*+1/p-10/t10-,11-,12-,15-,16-,18-,19+,20+,21+,22+,23-,24-,25-,26-,27-,28+,29+,30+,31+,32-,33-,34+,35+,36+,37+,38-,39-,40-,41-,42-,46-,47-,48-,49-,50-,51+,52-;;;;;;;;;;/m0........../s1. The minimum Gasteiger partial charge on any atom is -0.726 e. The molecule has 0 unspecified atom stereocenters. The van der Waals surface area contributed by atoms with Crippen molar-refractivity contribution in [3.05, 3.63) is 11.8 Å². The van der Waals surface area contributed by atoms with Crippen molar-refractivity contribution < 1.29 is 609 Å². The Labute approximate surface area is 1030 Å². The molecule has 0 saturated carbocycles. The number of hydrogen-bond donors (Lipinski definition) is 13. The van der Waals surface area contributed by atoms with E-state index in [1.165, 1.54) is 0 Å². The summed E-state index contributed by atoms with van der Waals surface area (Å²) in [5, 5.41) is 133. The van der Waals surface area contributed by atoms with Crippen molar-refractivity contribution >= 4 is 133 Å². The Bertz CT molecular complexity index is 5410. The molecule has 0 aromatic carbocycles. The third kappa shape index (κ3) is 47.0. The molecule has 143 heavy (non-hydrogen) atoms. The fourth-order valence-corrected chi connectivity index (χ4v) is 19.0. The molecule has 71 nitrogen and oxygen atoms in total. The predicted octanol–water partition coefficient (Wildman–Crippen LogP) is -52.0. The number of ether oxygens (including phenoxy) is 14. The molecule has 0 bridgehead atoms. The zero-order valence-corrected chi connectivity index (χ0v) is 104. The molecule has 6 fully saturated rings. The largest absolute Gasteiger partial charge is 1.00 e. The van der Waals surface area contributed by atoms with Gasteiger partial charge in [-0.1, -0.05) is 0 Å². The van der Waals surface area contributed by atoms with Crippen LogP contribution in [0.25, 0.3) is 0 Å². The Balaban J connectivity index is -0.00000966. The van der Waals surface area contributed by atoms with Gasteiger partial charge in [-0.25, -0.2) is 67.3 Å². The van der Waals surface area contributed by atoms with Gasteiger partial charge in [0.25, 0.3) is 10.1 Å². The summed E-state index contributed by atoms with van der Waals surface area (Å²) in [5.74, 6) is -13.8. The number of nitrogens with one attached hydrogen (secondary N) is 2. The van der Waals surface area contributed by atoms with Crippen LogP contribution in [0.1, 0.15) is 34.6 Å². The van der Waals surface area contributed by atoms with Gasteiger partial charge >= 0.3 is 316 Å². The molecule has 37 atom stereocenters. The van der Waals surface area contributed by atoms with Gasteiger partial charge in [-0.3, -0.25) is 52.5 Å². The monoisotopic (exact) mass is 2380 g/mol. The molecular weight excluding hydrogens is 2310 g/mol. The normalized spacial score (nSPS) is 34.5. The quantitative estimate of drug-likeness (QED) is 0.0153. The van der Waals surface area contributed by atoms with Gasteiger partial charge in [0.05, 0.1) is 50.1 Å². The molecule has 774 valence electrons. The summed E-state index contributed by atoms with van der Waals surface area (Å²) < 4.78 is 477. The minimum absolute atomic E-state index is 0. The van der Waals surface area contributed by atoms with E-state index in [9.17, 15) is 210 Å². The second-order valence-electron chi connectivity index (χ2n) is 28.1. The van der Waals surface area contributed by atoms with Crippen LogP contribution in [0, 0.1) is 0 Å². The van der Waals surface area contributed by atoms with Gasteiger partial charge in [0.15, 0.2) is 37.7 Å². The fraction of sp³-hybridized carbons (Fsp3) is 0.865. The zero-order chi connectivity index (χ0) is 101. The van der Waals surface area contributed by atoms with Crippen LogP contribution >= 0.6 is 0 Å². The maximum atomic E-state index is 14.1. The van der Waals surface area contributed by atoms with Crippen LogP contribution in [0.2, 0.25) is 0 Å². The number of carbonyl (C=O) groups is 5. The Morgan fingerprint density at radius 1 is 0.385 bits per heavy atom. The third-order valence-electron chi connectivity index (χ3n) is 18.6. The van der Waals surface area contributed by atoms with E-state index >= 15 is 0 Å². The molecule has 6 saturated heterocycles. The number of carbonyl (C=O) groups excluding carboxylic acids is 5. The molecule has 2 amide bonds. The smallest absolute Gasteiger partial charge is 0.726 e. The summed E-state index contributed by atoms with van der Waals surface area (Å²) in [5.41, 5.74) is 0. The average Bonchev–Trinajstić information content (AvgIpc) is 0.736. The molecule has 7 heterocycles. The molecule has 7 aliphatic heterocycles. The van der Waals surface area contributed by atoms with Gasteiger partial charge in [-0.05, 0) is 26.8 Å². The maximum Gasteiger partial charge on any atom is 1.00 e. The van der Waals surface area contributed by atoms with E-state index in [0.29, 0.717) is 34.6 Å². The second kappa shape index (κ2) is 62.9. The molecule has 0 aromatic heterocycles. The SMILES string of the molecule is CC(=O)N[C@H]1[C@H](O[C@@H]([C@H](O[C@@H]2O[C@@H](C)[C@@H](OS(=O)(=O)[O-])[C@@H](OS(=O)(=O)O)[C@@H]2O)[C@@H](O)CO)[C@H](O)C(=O)[O-])O[C@@H](COS(=O)(=O)[O-])[C@H](OS(=O)(=O)[O-])[C@@H]1O[C@@H]1O[C@H](C(=O)[O-])[C@@H](O[C@@H]2O[C@H](COS(=O)(=O)[O-])[C@H](OS(=O)(=O)[O-])[C@H](O[C@@H]3OC(C(=O)[O-])=C[C@H](O[C@@H]4O[C@@H](C)[C@@H](OS(=O)(=O)[O-])[C@@H](S(=O)(=O)O)[C@@H]4O)[C@H]3O)[C@H]2NC(C)=O)[C@H](O[C@@H]2O[C@@H](C)[C@@H](OS(=O)(=O)[O-])[C@@H](OS(=O)(=O)O)[C@@H]2O)[C@@H]1O.[Na+].[Na+].[Na+].[Na+].[Na+].[Na+].[Na+].[Na+].[Na+].[Na+]. The zero-order valence-electron chi connectivity index (χ0n) is 75.7. The molecule has 7 aliphatic rings. The van der Waals surface area contributed by atoms with Crippen LogP contribution in [0.3, 0.4) is 0 Å². The number of aliphatic hydroxyl groups is 8. The number of hydrogen-bond acceptors (Lipinski definition) is 66. The molecule has 7 rings (SSSR count). The van der Waals surface area contributed by atoms with Crippen LogP contribution in [-0.4, -0.2) is 446 Å². The van der Waals surface area contributed by atoms with E-state index in [1.807, 2.05) is 0 Å². The number of aliphatic hydroxyl groups excluding tert-OH is 8. The number of rotatable bonds is 44. The third-order valence-corrected chi connectivity index (χ3v) is 23.9. The van der Waals surface area contributed by atoms with Crippen LogP contribution in [0.5, 0.6) is 0 Å². The van der Waals surface area contributed by atoms with Crippen molar-refractivity contribution in [3.8, 4) is 0 Å². The molecule has 13 N–H and O–H groups in total. The summed E-state index contributed by atoms with van der Waals surface area (Å²) in [4.78, 5) is 66.8. The number of amides is 2. The molecule has 0 aliphatic carbocycles. The van der Waals surface area contributed by atoms with Crippen LogP contribution < -0.4 is 322 Å². The number of aliphatic carboxylic acids is 3. The van der Waals surface area contributed by atoms with Crippen molar-refractivity contribution in [2.45, 2.75) is 261 Å². The van der Waals surface area contributed by atoms with E-state index < -0.39 is 385 Å². The summed E-state index contributed by atoms with van der Waals surface area (Å²) in [6.07, 6.45) is -108. The summed E-state index contributed by atoms with van der Waals surface area (Å²) in [7, 11) is -62.8. The second-order valence-corrected chi connectivity index (χ2v) is 38.9. The molecule has 0 radical (unpaired) electrons. The summed E-state index contributed by atoms with van der Waals surface area (Å²) >= 11 is 0. The van der Waals surface area contributed by atoms with Gasteiger partial charge in [-0.15, -0.1) is 0 Å². The van der Waals surface area contributed by atoms with Gasteiger partial charge < -0.3 is 179 Å². The van der Waals surface area contributed by atoms with E-state index in [4.69, 9.17) is 66.3 Å². The van der Waals surface area contributed by atoms with Gasteiger partial charge in [0.2, 0.25) is 90.9 Å². The molecule has 91 heteroatoms. The summed E-state index contributed by atoms with van der Waals surface area (Å²) in [6.45, 7) is -3.86. The van der Waals surface area contributed by atoms with E-state index in [-0.39, 0.29) is 302 Å². The first kappa shape index (κ1) is 154. The van der Waals surface area contributed by atoms with Gasteiger partial charge in [0, 0.05) is 13.8 Å². The first-order valence-corrected chi connectivity index (χ1v) is 49.1. The van der Waals surface area contributed by atoms with Crippen molar-refractivity contribution in [2.75, 3.05) is 19.8 Å². The maximum absolute atomic E-state index is 14.1. The number of carboxylic acid groups (broad SMARTS) is 3. The number of carboxylic acids is 3. The summed E-state index contributed by atoms with van der Waals surface area (Å²) in [6, 6.07) is -6.29. The van der Waals surface area contributed by atoms with Crippen LogP contribution in [0.4, 0.5) is 0 Å². The van der Waals surface area contributed by atoms with Crippen LogP contribution in [0.15, 0.2) is 11.8 Å². The Hall–Kier alpha value is 4.79. The molecule has 0 aromatic rings. The van der Waals surface area contributed by atoms with E-state index in [2.05, 4.69) is 37.6 Å². The minimum atomic E-state index is -6.77. The molecule has 0 spiro atoms. The molecular formula is C52H72N2Na10O69S10. The van der Waals surface area contributed by atoms with Crippen molar-refractivity contribution in [2.24, 2.45) is 0 Å². The predicted molar refractivity (Wildman–Crippen MR) is 368 cm³/mol. The topological polar surface area (TPSA) is 1120 Å².